The number of halogens is 1. The number of anilines is 1. The molecule has 9 nitrogen and oxygen atoms in total. The Labute approximate surface area is 190 Å². The molecule has 172 valence electrons. The third-order valence-corrected chi connectivity index (χ3v) is 5.51. The third-order valence-electron chi connectivity index (χ3n) is 5.51. The van der Waals surface area contributed by atoms with E-state index in [9.17, 15) is 4.39 Å². The quantitative estimate of drug-likeness (QED) is 0.516. The topological polar surface area (TPSA) is 144 Å². The number of fused-ring (bicyclic) bond motifs is 3. The van der Waals surface area contributed by atoms with Crippen LogP contribution in [0.3, 0.4) is 0 Å². The zero-order valence-electron chi connectivity index (χ0n) is 18.4. The van der Waals surface area contributed by atoms with E-state index < -0.39 is 11.9 Å². The highest BCUT2D eigenvalue weighted by Crippen LogP contribution is 2.31. The molecule has 1 aromatic carbocycles. The monoisotopic (exact) mass is 451 g/mol. The molecule has 2 bridgehead atoms. The lowest BCUT2D eigenvalue weighted by Gasteiger charge is -2.25. The zero-order valence-corrected chi connectivity index (χ0v) is 18.4. The van der Waals surface area contributed by atoms with Crippen molar-refractivity contribution in [1.82, 2.24) is 10.4 Å². The molecule has 33 heavy (non-hydrogen) atoms. The van der Waals surface area contributed by atoms with E-state index in [1.54, 1.807) is 32.3 Å². The van der Waals surface area contributed by atoms with Gasteiger partial charge in [0.2, 0.25) is 0 Å². The standard InChI is InChI=1S/C23H26FN7O2/c1-12-18-7-15(24)3-4-17(18)21(26)19(31-28-2)5-13(8-25)22(30-16-10-32-11-16)14-6-20(33-12)23(27)29-9-14/h3-4,6-9,12,16,26,28H,5,10-11,25H2,1-2H3,(H2,27,29)/b13-8?,26-21?,30-22?,31-19-/t12-/m1/s1. The minimum absolute atomic E-state index is 0.0171. The highest BCUT2D eigenvalue weighted by molar-refractivity contribution is 6.48. The number of benzene rings is 1. The lowest BCUT2D eigenvalue weighted by atomic mass is 9.91. The first kappa shape index (κ1) is 22.4. The zero-order chi connectivity index (χ0) is 23.5. The minimum Gasteiger partial charge on any atom is -0.482 e. The van der Waals surface area contributed by atoms with Crippen molar-refractivity contribution in [2.45, 2.75) is 25.5 Å². The number of allylic oxidation sites excluding steroid dienone is 1. The van der Waals surface area contributed by atoms with Crippen LogP contribution in [0.2, 0.25) is 0 Å². The first-order chi connectivity index (χ1) is 15.9. The van der Waals surface area contributed by atoms with Gasteiger partial charge in [-0.15, -0.1) is 0 Å². The van der Waals surface area contributed by atoms with E-state index >= 15 is 0 Å². The van der Waals surface area contributed by atoms with Crippen LogP contribution in [-0.4, -0.2) is 48.4 Å². The molecular formula is C23H26FN7O2. The highest BCUT2D eigenvalue weighted by Gasteiger charge is 2.26. The molecule has 2 aromatic rings. The molecule has 1 aromatic heterocycles. The van der Waals surface area contributed by atoms with E-state index in [1.165, 1.54) is 18.3 Å². The molecule has 2 aliphatic heterocycles. The van der Waals surface area contributed by atoms with Crippen molar-refractivity contribution in [2.75, 3.05) is 26.0 Å². The fraction of sp³-hybridized carbons (Fsp3) is 0.304. The Morgan fingerprint density at radius 3 is 2.76 bits per heavy atom. The van der Waals surface area contributed by atoms with Gasteiger partial charge in [-0.1, -0.05) is 0 Å². The van der Waals surface area contributed by atoms with Gasteiger partial charge in [0.15, 0.2) is 11.6 Å². The van der Waals surface area contributed by atoms with Crippen LogP contribution in [0.1, 0.15) is 36.1 Å². The molecule has 6 N–H and O–H groups in total. The predicted molar refractivity (Wildman–Crippen MR) is 125 cm³/mol. The summed E-state index contributed by atoms with van der Waals surface area (Å²) >= 11 is 0. The summed E-state index contributed by atoms with van der Waals surface area (Å²) in [5, 5.41) is 13.2. The number of nitrogens with one attached hydrogen (secondary N) is 2. The molecule has 0 amide bonds. The van der Waals surface area contributed by atoms with Gasteiger partial charge < -0.3 is 26.4 Å². The number of nitrogens with zero attached hydrogens (tertiary/aromatic N) is 3. The largest absolute Gasteiger partial charge is 0.482 e. The lowest BCUT2D eigenvalue weighted by Crippen LogP contribution is -2.33. The van der Waals surface area contributed by atoms with Gasteiger partial charge in [0.25, 0.3) is 0 Å². The SMILES string of the molecule is CN/N=C1/CC(=CN)C(=NC2COC2)c2cnc(N)c(c2)O[C@H](C)c2cc(F)ccc2C1=N. The van der Waals surface area contributed by atoms with Gasteiger partial charge in [-0.3, -0.25) is 10.4 Å². The lowest BCUT2D eigenvalue weighted by molar-refractivity contribution is 0.0133. The van der Waals surface area contributed by atoms with Crippen molar-refractivity contribution in [3.8, 4) is 5.75 Å². The molecule has 1 saturated heterocycles. The average Bonchev–Trinajstić information content (AvgIpc) is 2.77. The van der Waals surface area contributed by atoms with Gasteiger partial charge in [-0.2, -0.15) is 5.10 Å². The predicted octanol–water partition coefficient (Wildman–Crippen LogP) is 2.32. The Bertz CT molecular complexity index is 1170. The highest BCUT2D eigenvalue weighted by atomic mass is 19.1. The van der Waals surface area contributed by atoms with Gasteiger partial charge in [0, 0.05) is 36.4 Å². The Morgan fingerprint density at radius 2 is 2.09 bits per heavy atom. The molecule has 2 aliphatic rings. The molecule has 3 heterocycles. The van der Waals surface area contributed by atoms with Crippen LogP contribution >= 0.6 is 0 Å². The maximum Gasteiger partial charge on any atom is 0.166 e. The van der Waals surface area contributed by atoms with Crippen molar-refractivity contribution < 1.29 is 13.9 Å². The maximum atomic E-state index is 14.2. The average molecular weight is 452 g/mol. The summed E-state index contributed by atoms with van der Waals surface area (Å²) in [6.07, 6.45) is 2.66. The fourth-order valence-electron chi connectivity index (χ4n) is 3.73. The number of nitrogens with two attached hydrogens (primary N) is 2. The molecule has 0 aliphatic carbocycles. The van der Waals surface area contributed by atoms with E-state index in [2.05, 4.69) is 15.5 Å². The summed E-state index contributed by atoms with van der Waals surface area (Å²) in [4.78, 5) is 9.12. The van der Waals surface area contributed by atoms with Crippen LogP contribution < -0.4 is 21.6 Å². The van der Waals surface area contributed by atoms with Gasteiger partial charge >= 0.3 is 0 Å². The molecular weight excluding hydrogens is 425 g/mol. The van der Waals surface area contributed by atoms with Gasteiger partial charge in [0.1, 0.15) is 11.9 Å². The van der Waals surface area contributed by atoms with Crippen molar-refractivity contribution in [2.24, 2.45) is 15.8 Å². The van der Waals surface area contributed by atoms with Crippen molar-refractivity contribution in [3.63, 3.8) is 0 Å². The number of hydrogen-bond acceptors (Lipinski definition) is 9. The van der Waals surface area contributed by atoms with Crippen LogP contribution in [-0.2, 0) is 4.74 Å². The molecule has 1 fully saturated rings. The number of pyridine rings is 1. The number of aromatic nitrogens is 1. The number of rotatable bonds is 2. The molecule has 0 unspecified atom stereocenters. The summed E-state index contributed by atoms with van der Waals surface area (Å²) < 4.78 is 25.6. The molecule has 1 atom stereocenters. The fourth-order valence-corrected chi connectivity index (χ4v) is 3.73. The number of nitrogen functional groups attached to an aromatic ring is 1. The van der Waals surface area contributed by atoms with Crippen LogP contribution in [0.25, 0.3) is 0 Å². The summed E-state index contributed by atoms with van der Waals surface area (Å²) in [5.41, 5.74) is 18.3. The van der Waals surface area contributed by atoms with Crippen molar-refractivity contribution in [1.29, 1.82) is 5.41 Å². The van der Waals surface area contributed by atoms with Crippen molar-refractivity contribution >= 4 is 23.0 Å². The van der Waals surface area contributed by atoms with Gasteiger partial charge in [-0.05, 0) is 43.0 Å². The minimum atomic E-state index is -0.615. The maximum absolute atomic E-state index is 14.2. The Hall–Kier alpha value is -3.79. The Balaban J connectivity index is 1.93. The first-order valence-corrected chi connectivity index (χ1v) is 10.5. The van der Waals surface area contributed by atoms with Crippen LogP contribution in [0.5, 0.6) is 5.75 Å². The summed E-state index contributed by atoms with van der Waals surface area (Å²) in [7, 11) is 1.65. The molecule has 0 saturated carbocycles. The van der Waals surface area contributed by atoms with E-state index in [0.29, 0.717) is 52.7 Å². The molecule has 4 rings (SSSR count). The van der Waals surface area contributed by atoms with Gasteiger partial charge in [-0.25, -0.2) is 9.37 Å². The Kier molecular flexibility index (Phi) is 6.36. The second-order valence-electron chi connectivity index (χ2n) is 7.79. The van der Waals surface area contributed by atoms with Crippen LogP contribution in [0, 0.1) is 11.2 Å². The Morgan fingerprint density at radius 1 is 1.30 bits per heavy atom. The summed E-state index contributed by atoms with van der Waals surface area (Å²) in [6.45, 7) is 2.79. The van der Waals surface area contributed by atoms with E-state index in [-0.39, 0.29) is 24.0 Å². The van der Waals surface area contributed by atoms with Crippen LogP contribution in [0.15, 0.2) is 52.3 Å². The third kappa shape index (κ3) is 4.56. The number of aliphatic imine (C=N–C) groups is 1. The number of hydrazone groups is 1. The smallest absolute Gasteiger partial charge is 0.166 e. The van der Waals surface area contributed by atoms with E-state index in [1.807, 2.05) is 0 Å². The van der Waals surface area contributed by atoms with E-state index in [4.69, 9.17) is 31.3 Å². The number of hydrogen-bond donors (Lipinski definition) is 4. The van der Waals surface area contributed by atoms with Gasteiger partial charge in [0.05, 0.1) is 36.4 Å². The second-order valence-corrected chi connectivity index (χ2v) is 7.79. The first-order valence-electron chi connectivity index (χ1n) is 10.5. The molecule has 0 spiro atoms. The molecule has 0 radical (unpaired) electrons. The van der Waals surface area contributed by atoms with Crippen molar-refractivity contribution in [3.05, 3.63) is 64.7 Å². The normalized spacial score (nSPS) is 22.8. The summed E-state index contributed by atoms with van der Waals surface area (Å²) in [5.74, 6) is 0.0915. The second kappa shape index (κ2) is 9.37. The van der Waals surface area contributed by atoms with E-state index in [0.717, 1.165) is 0 Å². The summed E-state index contributed by atoms with van der Waals surface area (Å²) in [6, 6.07) is 5.95. The van der Waals surface area contributed by atoms with Crippen LogP contribution in [0.4, 0.5) is 10.2 Å². The molecule has 10 heteroatoms. The number of ether oxygens (including phenoxy) is 2.